The summed E-state index contributed by atoms with van der Waals surface area (Å²) in [6.45, 7) is 9.49. The Morgan fingerprint density at radius 2 is 2.06 bits per heavy atom. The molecule has 1 saturated heterocycles. The van der Waals surface area contributed by atoms with Gasteiger partial charge in [-0.25, -0.2) is 0 Å². The highest BCUT2D eigenvalue weighted by molar-refractivity contribution is 5.66. The Morgan fingerprint density at radius 3 is 2.62 bits per heavy atom. The third kappa shape index (κ3) is 5.28. The van der Waals surface area contributed by atoms with E-state index in [2.05, 4.69) is 16.4 Å². The number of carboxylic acids is 1. The smallest absolute Gasteiger partial charge is 0.304 e. The fourth-order valence-electron chi connectivity index (χ4n) is 2.02. The molecule has 4 heteroatoms. The molecule has 1 heterocycles. The molecule has 0 radical (unpaired) electrons. The number of likely N-dealkylation sites (tertiary alicyclic amines) is 1. The van der Waals surface area contributed by atoms with E-state index in [4.69, 9.17) is 5.11 Å². The molecule has 92 valence electrons. The molecule has 1 aliphatic heterocycles. The molecule has 0 unspecified atom stereocenters. The standard InChI is InChI=1S/C12H22N2O2/c1-2-6-13(9-5-12(15)16)10-11-14-7-3-4-8-14/h2H,1,3-11H2,(H,15,16). The number of nitrogens with zero attached hydrogens (tertiary/aromatic N) is 2. The number of carbonyl (C=O) groups is 1. The summed E-state index contributed by atoms with van der Waals surface area (Å²) in [4.78, 5) is 15.1. The van der Waals surface area contributed by atoms with Crippen LogP contribution < -0.4 is 0 Å². The molecule has 1 aliphatic rings. The van der Waals surface area contributed by atoms with E-state index in [0.717, 1.165) is 19.6 Å². The van der Waals surface area contributed by atoms with Crippen molar-refractivity contribution >= 4 is 5.97 Å². The molecule has 0 amide bonds. The fourth-order valence-corrected chi connectivity index (χ4v) is 2.02. The molecule has 0 saturated carbocycles. The summed E-state index contributed by atoms with van der Waals surface area (Å²) in [6.07, 6.45) is 4.66. The number of hydrogen-bond donors (Lipinski definition) is 1. The van der Waals surface area contributed by atoms with Crippen molar-refractivity contribution in [1.29, 1.82) is 0 Å². The molecule has 0 aromatic carbocycles. The third-order valence-electron chi connectivity index (χ3n) is 2.96. The van der Waals surface area contributed by atoms with Crippen LogP contribution in [-0.2, 0) is 4.79 Å². The van der Waals surface area contributed by atoms with Crippen LogP contribution in [0.4, 0.5) is 0 Å². The van der Waals surface area contributed by atoms with Gasteiger partial charge in [0.15, 0.2) is 0 Å². The second-order valence-electron chi connectivity index (χ2n) is 4.28. The van der Waals surface area contributed by atoms with Crippen molar-refractivity contribution in [1.82, 2.24) is 9.80 Å². The first-order chi connectivity index (χ1) is 7.72. The minimum atomic E-state index is -0.727. The predicted molar refractivity (Wildman–Crippen MR) is 64.6 cm³/mol. The fraction of sp³-hybridized carbons (Fsp3) is 0.750. The summed E-state index contributed by atoms with van der Waals surface area (Å²) >= 11 is 0. The van der Waals surface area contributed by atoms with Gasteiger partial charge in [0.1, 0.15) is 0 Å². The summed E-state index contributed by atoms with van der Waals surface area (Å²) in [5, 5.41) is 8.65. The van der Waals surface area contributed by atoms with Crippen LogP contribution in [0.5, 0.6) is 0 Å². The first-order valence-corrected chi connectivity index (χ1v) is 6.00. The van der Waals surface area contributed by atoms with Gasteiger partial charge in [0.05, 0.1) is 6.42 Å². The molecule has 1 N–H and O–H groups in total. The summed E-state index contributed by atoms with van der Waals surface area (Å²) < 4.78 is 0. The molecule has 1 fully saturated rings. The zero-order valence-electron chi connectivity index (χ0n) is 9.90. The van der Waals surface area contributed by atoms with Gasteiger partial charge in [0, 0.05) is 26.2 Å². The summed E-state index contributed by atoms with van der Waals surface area (Å²) in [6, 6.07) is 0. The van der Waals surface area contributed by atoms with Crippen LogP contribution in [0.1, 0.15) is 19.3 Å². The van der Waals surface area contributed by atoms with Gasteiger partial charge in [-0.2, -0.15) is 0 Å². The van der Waals surface area contributed by atoms with Crippen LogP contribution >= 0.6 is 0 Å². The van der Waals surface area contributed by atoms with Crippen molar-refractivity contribution in [2.45, 2.75) is 19.3 Å². The lowest BCUT2D eigenvalue weighted by atomic mass is 10.3. The van der Waals surface area contributed by atoms with Gasteiger partial charge in [-0.3, -0.25) is 9.69 Å². The van der Waals surface area contributed by atoms with Crippen LogP contribution in [0, 0.1) is 0 Å². The Balaban J connectivity index is 2.20. The Bertz CT molecular complexity index is 225. The highest BCUT2D eigenvalue weighted by Crippen LogP contribution is 2.06. The van der Waals surface area contributed by atoms with Crippen molar-refractivity contribution in [3.05, 3.63) is 12.7 Å². The lowest BCUT2D eigenvalue weighted by Crippen LogP contribution is -2.35. The minimum Gasteiger partial charge on any atom is -0.481 e. The first kappa shape index (κ1) is 13.2. The summed E-state index contributed by atoms with van der Waals surface area (Å²) in [5.41, 5.74) is 0. The van der Waals surface area contributed by atoms with E-state index in [9.17, 15) is 4.79 Å². The SMILES string of the molecule is C=CCN(CCC(=O)O)CCN1CCCC1. The molecule has 1 rings (SSSR count). The van der Waals surface area contributed by atoms with Gasteiger partial charge < -0.3 is 10.0 Å². The second-order valence-corrected chi connectivity index (χ2v) is 4.28. The topological polar surface area (TPSA) is 43.8 Å². The lowest BCUT2D eigenvalue weighted by molar-refractivity contribution is -0.137. The van der Waals surface area contributed by atoms with E-state index in [-0.39, 0.29) is 6.42 Å². The maximum Gasteiger partial charge on any atom is 0.304 e. The van der Waals surface area contributed by atoms with Gasteiger partial charge in [0.25, 0.3) is 0 Å². The summed E-state index contributed by atoms with van der Waals surface area (Å²) in [7, 11) is 0. The molecule has 0 spiro atoms. The van der Waals surface area contributed by atoms with E-state index in [1.807, 2.05) is 6.08 Å². The van der Waals surface area contributed by atoms with Crippen LogP contribution in [-0.4, -0.2) is 60.1 Å². The van der Waals surface area contributed by atoms with Crippen LogP contribution in [0.2, 0.25) is 0 Å². The first-order valence-electron chi connectivity index (χ1n) is 6.00. The Kier molecular flexibility index (Phi) is 6.11. The maximum atomic E-state index is 10.5. The number of hydrogen-bond acceptors (Lipinski definition) is 3. The predicted octanol–water partition coefficient (Wildman–Crippen LogP) is 1.04. The van der Waals surface area contributed by atoms with Gasteiger partial charge in [-0.15, -0.1) is 6.58 Å². The number of carboxylic acid groups (broad SMARTS) is 1. The molecule has 0 aliphatic carbocycles. The van der Waals surface area contributed by atoms with Crippen molar-refractivity contribution in [2.24, 2.45) is 0 Å². The molecule has 4 nitrogen and oxygen atoms in total. The van der Waals surface area contributed by atoms with E-state index >= 15 is 0 Å². The minimum absolute atomic E-state index is 0.216. The zero-order valence-corrected chi connectivity index (χ0v) is 9.90. The maximum absolute atomic E-state index is 10.5. The van der Waals surface area contributed by atoms with E-state index in [0.29, 0.717) is 6.54 Å². The quantitative estimate of drug-likeness (QED) is 0.628. The van der Waals surface area contributed by atoms with E-state index < -0.39 is 5.97 Å². The average molecular weight is 226 g/mol. The normalized spacial score (nSPS) is 16.8. The van der Waals surface area contributed by atoms with Gasteiger partial charge in [0.2, 0.25) is 0 Å². The van der Waals surface area contributed by atoms with E-state index in [1.54, 1.807) is 0 Å². The lowest BCUT2D eigenvalue weighted by Gasteiger charge is -2.23. The molecule has 0 bridgehead atoms. The van der Waals surface area contributed by atoms with Gasteiger partial charge in [-0.05, 0) is 25.9 Å². The van der Waals surface area contributed by atoms with Crippen molar-refractivity contribution in [3.8, 4) is 0 Å². The van der Waals surface area contributed by atoms with E-state index in [1.165, 1.54) is 25.9 Å². The number of aliphatic carboxylic acids is 1. The molecule has 16 heavy (non-hydrogen) atoms. The molecule has 0 atom stereocenters. The highest BCUT2D eigenvalue weighted by Gasteiger charge is 2.13. The average Bonchev–Trinajstić information content (AvgIpc) is 2.75. The highest BCUT2D eigenvalue weighted by atomic mass is 16.4. The van der Waals surface area contributed by atoms with Gasteiger partial charge >= 0.3 is 5.97 Å². The Hall–Kier alpha value is -0.870. The monoisotopic (exact) mass is 226 g/mol. The Morgan fingerprint density at radius 1 is 1.38 bits per heavy atom. The van der Waals surface area contributed by atoms with Crippen LogP contribution in [0.15, 0.2) is 12.7 Å². The van der Waals surface area contributed by atoms with Crippen molar-refractivity contribution in [2.75, 3.05) is 39.3 Å². The van der Waals surface area contributed by atoms with Gasteiger partial charge in [-0.1, -0.05) is 6.08 Å². The largest absolute Gasteiger partial charge is 0.481 e. The second kappa shape index (κ2) is 7.41. The van der Waals surface area contributed by atoms with Crippen LogP contribution in [0.3, 0.4) is 0 Å². The van der Waals surface area contributed by atoms with Crippen molar-refractivity contribution in [3.63, 3.8) is 0 Å². The molecule has 0 aromatic rings. The molecular formula is C12H22N2O2. The molecule has 0 aromatic heterocycles. The van der Waals surface area contributed by atoms with Crippen molar-refractivity contribution < 1.29 is 9.90 Å². The number of rotatable bonds is 8. The molecular weight excluding hydrogens is 204 g/mol. The Labute approximate surface area is 97.5 Å². The van der Waals surface area contributed by atoms with Crippen LogP contribution in [0.25, 0.3) is 0 Å². The zero-order chi connectivity index (χ0) is 11.8. The summed E-state index contributed by atoms with van der Waals surface area (Å²) in [5.74, 6) is -0.727. The third-order valence-corrected chi connectivity index (χ3v) is 2.96.